The Morgan fingerprint density at radius 3 is 1.47 bits per heavy atom. The van der Waals surface area contributed by atoms with Gasteiger partial charge in [-0.2, -0.15) is 5.26 Å². The van der Waals surface area contributed by atoms with Crippen LogP contribution in [0.3, 0.4) is 0 Å². The zero-order chi connectivity index (χ0) is 76.0. The largest absolute Gasteiger partial charge is 0.458 e. The van der Waals surface area contributed by atoms with Crippen LogP contribution >= 0.6 is 0 Å². The van der Waals surface area contributed by atoms with Crippen LogP contribution in [0.15, 0.2) is 273 Å². The predicted octanol–water partition coefficient (Wildman–Crippen LogP) is 6.58. The molecule has 0 bridgehead atoms. The van der Waals surface area contributed by atoms with E-state index in [0.717, 1.165) is 173 Å². The van der Waals surface area contributed by atoms with E-state index in [1.807, 2.05) is 6.07 Å². The summed E-state index contributed by atoms with van der Waals surface area (Å²) < 4.78 is 28.0. The fraction of sp³-hybridized carbons (Fsp3) is 0.0421. The van der Waals surface area contributed by atoms with Crippen molar-refractivity contribution < 1.29 is 14.2 Å². The normalized spacial score (nSPS) is 12.9. The average molecular weight is 1420 g/mol. The van der Waals surface area contributed by atoms with Gasteiger partial charge in [-0.25, -0.2) is 0 Å². The molecule has 4 aliphatic heterocycles. The molecule has 15 aromatic carbocycles. The zero-order valence-corrected chi connectivity index (χ0v) is 64.6. The second kappa shape index (κ2) is 25.1. The Labute approximate surface area is 660 Å². The molecule has 0 amide bonds. The lowest BCUT2D eigenvalue weighted by Crippen LogP contribution is -2.59. The molecule has 518 valence electrons. The van der Waals surface area contributed by atoms with Gasteiger partial charge in [0.1, 0.15) is 97.3 Å². The van der Waals surface area contributed by atoms with Gasteiger partial charge < -0.3 is 28.2 Å². The van der Waals surface area contributed by atoms with Crippen LogP contribution in [0.25, 0.3) is 111 Å². The molecule has 6 heterocycles. The molecule has 0 fully saturated rings. The highest BCUT2D eigenvalue weighted by atomic mass is 16.5. The molecule has 0 unspecified atom stereocenters. The van der Waals surface area contributed by atoms with E-state index in [2.05, 4.69) is 371 Å². The number of nitriles is 1. The molecule has 0 atom stereocenters. The second-order valence-corrected chi connectivity index (χ2v) is 32.4. The first kappa shape index (κ1) is 67.4. The van der Waals surface area contributed by atoms with Gasteiger partial charge in [0.05, 0.1) is 22.7 Å². The molecular weight excluding hydrogens is 1350 g/mol. The molecule has 0 radical (unpaired) electrons. The van der Waals surface area contributed by atoms with Gasteiger partial charge in [0.15, 0.2) is 0 Å². The highest BCUT2D eigenvalue weighted by Gasteiger charge is 2.46. The van der Waals surface area contributed by atoms with Crippen molar-refractivity contribution in [3.05, 3.63) is 284 Å². The third-order valence-corrected chi connectivity index (χ3v) is 25.5. The maximum absolute atomic E-state index is 10.5. The SMILES string of the molecule is Bc1c(B)c(B)c2c(c1B)c1c(B)c(B)c(B)c(B)c1n2-c1ccc2c(c1)N(c1cc(-c3ccccc3)cc(-c3ccccc3)c1)c1cc(-c3cc4c5c(c3-c3ccccc3-c3ccccc3)Oc3ccccc3B5c3ccccc3O4)cc3c1B2c1ccc(-n2c4ccc(C#N)cc4c4cc(C(C)(C)C)ccc42)cc1O3. The number of benzene rings is 15. The molecule has 4 aliphatic rings. The Morgan fingerprint density at radius 1 is 0.339 bits per heavy atom. The van der Waals surface area contributed by atoms with Crippen LogP contribution in [0.4, 0.5) is 17.1 Å². The lowest BCUT2D eigenvalue weighted by Gasteiger charge is -2.41. The number of nitrogens with zero attached hydrogens (tertiary/aromatic N) is 4. The first-order chi connectivity index (χ1) is 54.5. The quantitative estimate of drug-likeness (QED) is 0.161. The first-order valence-electron chi connectivity index (χ1n) is 39.1. The maximum Gasteiger partial charge on any atom is 0.260 e. The van der Waals surface area contributed by atoms with Crippen LogP contribution in [0.1, 0.15) is 31.9 Å². The first-order valence-corrected chi connectivity index (χ1v) is 39.1. The van der Waals surface area contributed by atoms with Crippen LogP contribution in [0, 0.1) is 11.3 Å². The number of rotatable bonds is 8. The Morgan fingerprint density at radius 2 is 0.848 bits per heavy atom. The van der Waals surface area contributed by atoms with Gasteiger partial charge in [0, 0.05) is 67.3 Å². The smallest absolute Gasteiger partial charge is 0.260 e. The van der Waals surface area contributed by atoms with Crippen molar-refractivity contribution in [1.82, 2.24) is 9.13 Å². The van der Waals surface area contributed by atoms with Gasteiger partial charge in [0.2, 0.25) is 0 Å². The van der Waals surface area contributed by atoms with Crippen LogP contribution in [0.5, 0.6) is 34.5 Å². The molecule has 0 saturated heterocycles. The third kappa shape index (κ3) is 9.99. The predicted molar refractivity (Wildman–Crippen MR) is 495 cm³/mol. The Balaban J connectivity index is 0.903. The van der Waals surface area contributed by atoms with Crippen molar-refractivity contribution in [2.75, 3.05) is 4.90 Å². The minimum atomic E-state index is -0.335. The monoisotopic (exact) mass is 1420 g/mol. The zero-order valence-electron chi connectivity index (χ0n) is 64.6. The summed E-state index contributed by atoms with van der Waals surface area (Å²) in [6, 6.07) is 102. The summed E-state index contributed by atoms with van der Waals surface area (Å²) in [5.41, 5.74) is 38.6. The van der Waals surface area contributed by atoms with E-state index in [1.165, 1.54) is 71.1 Å². The molecule has 17 aromatic rings. The van der Waals surface area contributed by atoms with E-state index < -0.39 is 0 Å². The van der Waals surface area contributed by atoms with E-state index in [9.17, 15) is 5.26 Å². The Kier molecular flexibility index (Phi) is 15.1. The van der Waals surface area contributed by atoms with Gasteiger partial charge in [-0.05, 0) is 196 Å². The van der Waals surface area contributed by atoms with E-state index in [4.69, 9.17) is 14.2 Å². The third-order valence-electron chi connectivity index (χ3n) is 25.5. The van der Waals surface area contributed by atoms with Crippen molar-refractivity contribution >= 4 is 213 Å². The minimum Gasteiger partial charge on any atom is -0.458 e. The number of ether oxygens (including phenoxy) is 3. The molecule has 7 nitrogen and oxygen atoms in total. The Hall–Kier alpha value is -12.8. The number of hydrogen-bond acceptors (Lipinski definition) is 5. The number of fused-ring (bicyclic) bond motifs is 14. The molecule has 0 spiro atoms. The topological polar surface area (TPSA) is 64.6 Å². The molecule has 0 N–H and O–H groups in total. The van der Waals surface area contributed by atoms with Gasteiger partial charge in [-0.3, -0.25) is 0 Å². The van der Waals surface area contributed by atoms with E-state index in [1.54, 1.807) is 0 Å². The molecular formula is C95H70B10N4O3. The van der Waals surface area contributed by atoms with E-state index in [0.29, 0.717) is 5.56 Å². The molecule has 17 heteroatoms. The number of hydrogen-bond donors (Lipinski definition) is 0. The van der Waals surface area contributed by atoms with E-state index >= 15 is 0 Å². The van der Waals surface area contributed by atoms with Crippen molar-refractivity contribution in [2.45, 2.75) is 26.2 Å². The number of aromatic nitrogens is 2. The molecule has 112 heavy (non-hydrogen) atoms. The fourth-order valence-electron chi connectivity index (χ4n) is 19.2. The molecule has 2 aromatic heterocycles. The minimum absolute atomic E-state index is 0.112. The van der Waals surface area contributed by atoms with Gasteiger partial charge in [-0.1, -0.05) is 223 Å². The van der Waals surface area contributed by atoms with Crippen molar-refractivity contribution in [3.63, 3.8) is 0 Å². The highest BCUT2D eigenvalue weighted by molar-refractivity contribution is 7.00. The summed E-state index contributed by atoms with van der Waals surface area (Å²) in [7, 11) is 18.6. The highest BCUT2D eigenvalue weighted by Crippen LogP contribution is 2.53. The Bertz CT molecular complexity index is 6900. The standard InChI is InChI=1S/C95H70B10N4O3/c1-95(2,3)57-32-38-71-65(45-57)64-39-50(49-106)31-37-70(64)107(71)59-34-36-69-76(47-59)111-77-44-56(63-48-78-91-94(79(63)62-26-14-13-25-61(62)53-23-11-6-12-24-53)112-75-30-18-16-28-68(75)105(91)67-27-15-17-29-74(67)110-78)43-73-90(77)104(69)66-35-33-58(109-92-80(82(96)84(98)86(100)88(92)102)81-83(97)85(99)87(101)89(103)93(81)109)46-72(66)108(73)60-41-54(51-19-7-4-8-20-51)40-55(42-60)52-21-9-5-10-22-52/h4-48H,96-103H2,1-3H3. The van der Waals surface area contributed by atoms with Crippen molar-refractivity contribution in [1.29, 1.82) is 5.26 Å². The summed E-state index contributed by atoms with van der Waals surface area (Å²) in [5, 5.41) is 15.2. The lowest BCUT2D eigenvalue weighted by molar-refractivity contribution is 0.466. The fourth-order valence-corrected chi connectivity index (χ4v) is 19.2. The summed E-state index contributed by atoms with van der Waals surface area (Å²) >= 11 is 0. The van der Waals surface area contributed by atoms with Crippen LogP contribution in [0.2, 0.25) is 0 Å². The summed E-state index contributed by atoms with van der Waals surface area (Å²) in [5.74, 6) is 4.60. The van der Waals surface area contributed by atoms with Crippen LogP contribution < -0.4 is 95.6 Å². The summed E-state index contributed by atoms with van der Waals surface area (Å²) in [6.45, 7) is 6.26. The van der Waals surface area contributed by atoms with Gasteiger partial charge in [-0.15, -0.1) is 10.9 Å². The van der Waals surface area contributed by atoms with Gasteiger partial charge >= 0.3 is 0 Å². The summed E-state index contributed by atoms with van der Waals surface area (Å²) in [6.07, 6.45) is 0. The molecule has 0 saturated carbocycles. The van der Waals surface area contributed by atoms with Crippen molar-refractivity contribution in [3.8, 4) is 108 Å². The summed E-state index contributed by atoms with van der Waals surface area (Å²) in [4.78, 5) is 2.57. The van der Waals surface area contributed by atoms with Crippen molar-refractivity contribution in [2.24, 2.45) is 0 Å². The van der Waals surface area contributed by atoms with Crippen LogP contribution in [-0.2, 0) is 5.41 Å². The maximum atomic E-state index is 10.5. The van der Waals surface area contributed by atoms with Crippen LogP contribution in [-0.4, -0.2) is 85.3 Å². The lowest BCUT2D eigenvalue weighted by atomic mass is 9.34. The van der Waals surface area contributed by atoms with E-state index in [-0.39, 0.29) is 18.8 Å². The van der Waals surface area contributed by atoms with Gasteiger partial charge in [0.25, 0.3) is 13.4 Å². The average Bonchev–Trinajstić information content (AvgIpc) is 0.887. The molecule has 21 rings (SSSR count). The number of para-hydroxylation sites is 2. The second-order valence-electron chi connectivity index (χ2n) is 32.4. The number of anilines is 3. The molecule has 0 aliphatic carbocycles.